The lowest BCUT2D eigenvalue weighted by Crippen LogP contribution is -2.34. The molecule has 3 N–H and O–H groups in total. The van der Waals surface area contributed by atoms with Gasteiger partial charge in [-0.2, -0.15) is 0 Å². The van der Waals surface area contributed by atoms with Gasteiger partial charge in [0.25, 0.3) is 5.91 Å². The predicted octanol–water partition coefficient (Wildman–Crippen LogP) is 3.02. The number of anilines is 1. The summed E-state index contributed by atoms with van der Waals surface area (Å²) in [4.78, 5) is 23.8. The van der Waals surface area contributed by atoms with Crippen molar-refractivity contribution in [2.75, 3.05) is 12.4 Å². The highest BCUT2D eigenvalue weighted by Gasteiger charge is 2.14. The summed E-state index contributed by atoms with van der Waals surface area (Å²) in [6.45, 7) is 0. The molecule has 2 aromatic rings. The lowest BCUT2D eigenvalue weighted by Gasteiger charge is -2.11. The number of carbonyl (C=O) groups excluding carboxylic acids is 2. The van der Waals surface area contributed by atoms with Crippen LogP contribution in [0.25, 0.3) is 0 Å². The van der Waals surface area contributed by atoms with Gasteiger partial charge in [0.05, 0.1) is 23.4 Å². The monoisotopic (exact) mass is 320 g/mol. The van der Waals surface area contributed by atoms with Crippen molar-refractivity contribution in [3.63, 3.8) is 0 Å². The number of halogens is 1. The molecule has 0 saturated carbocycles. The van der Waals surface area contributed by atoms with E-state index in [9.17, 15) is 14.7 Å². The van der Waals surface area contributed by atoms with Crippen molar-refractivity contribution in [1.29, 1.82) is 0 Å². The van der Waals surface area contributed by atoms with Gasteiger partial charge in [-0.3, -0.25) is 10.1 Å². The van der Waals surface area contributed by atoms with Crippen LogP contribution >= 0.6 is 11.6 Å². The fourth-order valence-electron chi connectivity index (χ4n) is 1.76. The zero-order valence-corrected chi connectivity index (χ0v) is 12.3. The molecule has 2 aromatic carbocycles. The molecule has 0 saturated heterocycles. The predicted molar refractivity (Wildman–Crippen MR) is 82.6 cm³/mol. The van der Waals surface area contributed by atoms with Gasteiger partial charge in [0, 0.05) is 6.07 Å². The van der Waals surface area contributed by atoms with Crippen molar-refractivity contribution in [2.45, 2.75) is 0 Å². The van der Waals surface area contributed by atoms with E-state index in [0.29, 0.717) is 5.75 Å². The number of amides is 3. The van der Waals surface area contributed by atoms with Crippen molar-refractivity contribution in [2.24, 2.45) is 0 Å². The minimum absolute atomic E-state index is 0.0477. The third kappa shape index (κ3) is 3.67. The average molecular weight is 321 g/mol. The first-order chi connectivity index (χ1) is 10.5. The summed E-state index contributed by atoms with van der Waals surface area (Å²) in [6.07, 6.45) is 0. The third-order valence-corrected chi connectivity index (χ3v) is 3.11. The van der Waals surface area contributed by atoms with Crippen molar-refractivity contribution < 1.29 is 19.4 Å². The Bertz CT molecular complexity index is 718. The van der Waals surface area contributed by atoms with Gasteiger partial charge in [0.15, 0.2) is 0 Å². The quantitative estimate of drug-likeness (QED) is 0.811. The Morgan fingerprint density at radius 3 is 2.59 bits per heavy atom. The van der Waals surface area contributed by atoms with Crippen LogP contribution in [0.1, 0.15) is 10.4 Å². The van der Waals surface area contributed by atoms with Crippen LogP contribution in [0.5, 0.6) is 11.5 Å². The molecule has 0 aliphatic rings. The molecule has 22 heavy (non-hydrogen) atoms. The van der Waals surface area contributed by atoms with Crippen LogP contribution < -0.4 is 15.4 Å². The highest BCUT2D eigenvalue weighted by atomic mass is 35.5. The van der Waals surface area contributed by atoms with Gasteiger partial charge in [-0.15, -0.1) is 0 Å². The Balaban J connectivity index is 2.09. The van der Waals surface area contributed by atoms with Crippen LogP contribution in [-0.2, 0) is 0 Å². The summed E-state index contributed by atoms with van der Waals surface area (Å²) >= 11 is 5.89. The topological polar surface area (TPSA) is 87.7 Å². The zero-order chi connectivity index (χ0) is 16.1. The number of aromatic hydroxyl groups is 1. The molecule has 3 amide bonds. The van der Waals surface area contributed by atoms with Gasteiger partial charge in [-0.05, 0) is 24.3 Å². The number of ether oxygens (including phenoxy) is 1. The largest absolute Gasteiger partial charge is 0.508 e. The second kappa shape index (κ2) is 6.82. The second-order valence-corrected chi connectivity index (χ2v) is 4.68. The first-order valence-corrected chi connectivity index (χ1v) is 6.63. The molecule has 0 aliphatic carbocycles. The summed E-state index contributed by atoms with van der Waals surface area (Å²) in [5.74, 6) is -0.339. The van der Waals surface area contributed by atoms with Gasteiger partial charge in [-0.1, -0.05) is 23.7 Å². The summed E-state index contributed by atoms with van der Waals surface area (Å²) in [6, 6.07) is 9.80. The van der Waals surface area contributed by atoms with E-state index < -0.39 is 11.9 Å². The molecule has 0 aliphatic heterocycles. The molecule has 7 heteroatoms. The fourth-order valence-corrected chi connectivity index (χ4v) is 1.98. The molecule has 0 spiro atoms. The van der Waals surface area contributed by atoms with Crippen molar-refractivity contribution in [3.05, 3.63) is 53.1 Å². The van der Waals surface area contributed by atoms with Crippen LogP contribution in [0.4, 0.5) is 10.5 Å². The lowest BCUT2D eigenvalue weighted by molar-refractivity contribution is 0.0967. The molecular weight excluding hydrogens is 308 g/mol. The molecule has 0 aromatic heterocycles. The van der Waals surface area contributed by atoms with Crippen LogP contribution in [0.2, 0.25) is 5.02 Å². The number of imide groups is 1. The molecule has 0 atom stereocenters. The number of methoxy groups -OCH3 is 1. The fraction of sp³-hybridized carbons (Fsp3) is 0.0667. The van der Waals surface area contributed by atoms with E-state index in [0.717, 1.165) is 0 Å². The summed E-state index contributed by atoms with van der Waals surface area (Å²) < 4.78 is 5.05. The Morgan fingerprint density at radius 1 is 1.18 bits per heavy atom. The van der Waals surface area contributed by atoms with Gasteiger partial charge in [-0.25, -0.2) is 4.79 Å². The van der Waals surface area contributed by atoms with Crippen LogP contribution in [0.3, 0.4) is 0 Å². The maximum absolute atomic E-state index is 12.0. The Kier molecular flexibility index (Phi) is 4.85. The van der Waals surface area contributed by atoms with Crippen molar-refractivity contribution in [1.82, 2.24) is 5.32 Å². The number of rotatable bonds is 3. The minimum atomic E-state index is -0.770. The molecule has 0 unspecified atom stereocenters. The number of carbonyl (C=O) groups is 2. The van der Waals surface area contributed by atoms with E-state index in [1.54, 1.807) is 18.2 Å². The van der Waals surface area contributed by atoms with Crippen molar-refractivity contribution in [3.8, 4) is 11.5 Å². The molecular formula is C15H13ClN2O4. The Hall–Kier alpha value is -2.73. The number of phenols is 1. The molecule has 0 fully saturated rings. The lowest BCUT2D eigenvalue weighted by atomic mass is 10.2. The van der Waals surface area contributed by atoms with Crippen molar-refractivity contribution >= 4 is 29.2 Å². The highest BCUT2D eigenvalue weighted by Crippen LogP contribution is 2.28. The van der Waals surface area contributed by atoms with E-state index in [1.165, 1.54) is 31.4 Å². The number of hydrogen-bond acceptors (Lipinski definition) is 4. The maximum Gasteiger partial charge on any atom is 0.326 e. The highest BCUT2D eigenvalue weighted by molar-refractivity contribution is 6.34. The SMILES string of the molecule is COc1ccc(O)cc1NC(=O)NC(=O)c1ccccc1Cl. The summed E-state index contributed by atoms with van der Waals surface area (Å²) in [5, 5.41) is 14.2. The number of urea groups is 1. The molecule has 0 heterocycles. The first kappa shape index (κ1) is 15.7. The zero-order valence-electron chi connectivity index (χ0n) is 11.6. The Morgan fingerprint density at radius 2 is 1.91 bits per heavy atom. The third-order valence-electron chi connectivity index (χ3n) is 2.78. The summed E-state index contributed by atoms with van der Waals surface area (Å²) in [7, 11) is 1.42. The van der Waals surface area contributed by atoms with E-state index in [-0.39, 0.29) is 22.0 Å². The minimum Gasteiger partial charge on any atom is -0.508 e. The van der Waals surface area contributed by atoms with Gasteiger partial charge in [0.1, 0.15) is 11.5 Å². The number of benzene rings is 2. The molecule has 0 radical (unpaired) electrons. The molecule has 2 rings (SSSR count). The standard InChI is InChI=1S/C15H13ClN2O4/c1-22-13-7-6-9(19)8-12(13)17-15(21)18-14(20)10-4-2-3-5-11(10)16/h2-8,19H,1H3,(H2,17,18,20,21). The number of hydrogen-bond donors (Lipinski definition) is 3. The Labute approximate surface area is 131 Å². The van der Waals surface area contributed by atoms with E-state index in [4.69, 9.17) is 16.3 Å². The van der Waals surface area contributed by atoms with E-state index in [2.05, 4.69) is 10.6 Å². The van der Waals surface area contributed by atoms with Crippen LogP contribution in [0, 0.1) is 0 Å². The van der Waals surface area contributed by atoms with E-state index >= 15 is 0 Å². The molecule has 0 bridgehead atoms. The molecule has 6 nitrogen and oxygen atoms in total. The van der Waals surface area contributed by atoms with Gasteiger partial charge >= 0.3 is 6.03 Å². The maximum atomic E-state index is 12.0. The number of nitrogens with one attached hydrogen (secondary N) is 2. The van der Waals surface area contributed by atoms with E-state index in [1.807, 2.05) is 0 Å². The molecule has 114 valence electrons. The van der Waals surface area contributed by atoms with Gasteiger partial charge < -0.3 is 15.2 Å². The average Bonchev–Trinajstić information content (AvgIpc) is 2.47. The summed E-state index contributed by atoms with van der Waals surface area (Å²) in [5.41, 5.74) is 0.411. The number of phenolic OH excluding ortho intramolecular Hbond substituents is 1. The first-order valence-electron chi connectivity index (χ1n) is 6.25. The normalized spacial score (nSPS) is 9.91. The smallest absolute Gasteiger partial charge is 0.326 e. The van der Waals surface area contributed by atoms with Gasteiger partial charge in [0.2, 0.25) is 0 Å². The van der Waals surface area contributed by atoms with Crippen LogP contribution in [0.15, 0.2) is 42.5 Å². The second-order valence-electron chi connectivity index (χ2n) is 4.27. The van der Waals surface area contributed by atoms with Crippen LogP contribution in [-0.4, -0.2) is 24.2 Å².